The SMILES string of the molecule is CC/C=C(\C=CCCN1CCOCC1)c1n[nH]c(C(=O)C=NC(C=N)C(CC)N2CCNCC2)n1. The Morgan fingerprint density at radius 1 is 1.23 bits per heavy atom. The quantitative estimate of drug-likeness (QED) is 0.222. The highest BCUT2D eigenvalue weighted by Gasteiger charge is 2.25. The van der Waals surface area contributed by atoms with Gasteiger partial charge in [0.1, 0.15) is 0 Å². The number of allylic oxidation sites excluding steroid dienone is 3. The molecule has 0 amide bonds. The number of nitrogens with one attached hydrogen (secondary N) is 3. The first-order valence-corrected chi connectivity index (χ1v) is 12.8. The van der Waals surface area contributed by atoms with Gasteiger partial charge >= 0.3 is 0 Å². The first-order chi connectivity index (χ1) is 17.2. The number of carbonyl (C=O) groups is 1. The highest BCUT2D eigenvalue weighted by atomic mass is 16.5. The largest absolute Gasteiger partial charge is 0.379 e. The molecule has 3 heterocycles. The van der Waals surface area contributed by atoms with Crippen LogP contribution >= 0.6 is 0 Å². The molecule has 0 aromatic carbocycles. The van der Waals surface area contributed by atoms with Gasteiger partial charge in [0.25, 0.3) is 0 Å². The van der Waals surface area contributed by atoms with Crippen molar-refractivity contribution in [2.24, 2.45) is 4.99 Å². The second-order valence-corrected chi connectivity index (χ2v) is 8.78. The minimum atomic E-state index is -0.366. The number of morpholine rings is 1. The Kier molecular flexibility index (Phi) is 11.4. The van der Waals surface area contributed by atoms with Gasteiger partial charge in [-0.25, -0.2) is 4.98 Å². The highest BCUT2D eigenvalue weighted by molar-refractivity contribution is 6.34. The van der Waals surface area contributed by atoms with E-state index < -0.39 is 0 Å². The summed E-state index contributed by atoms with van der Waals surface area (Å²) in [4.78, 5) is 26.4. The number of piperazine rings is 1. The van der Waals surface area contributed by atoms with Crippen LogP contribution in [0, 0.1) is 5.41 Å². The van der Waals surface area contributed by atoms with E-state index in [-0.39, 0.29) is 23.7 Å². The normalized spacial score (nSPS) is 20.5. The minimum absolute atomic E-state index is 0.102. The van der Waals surface area contributed by atoms with E-state index in [1.165, 1.54) is 12.4 Å². The van der Waals surface area contributed by atoms with Crippen LogP contribution in [0.1, 0.15) is 49.6 Å². The smallest absolute Gasteiger partial charge is 0.240 e. The van der Waals surface area contributed by atoms with Gasteiger partial charge in [-0.1, -0.05) is 32.1 Å². The molecule has 3 N–H and O–H groups in total. The fourth-order valence-corrected chi connectivity index (χ4v) is 4.44. The van der Waals surface area contributed by atoms with E-state index in [9.17, 15) is 4.79 Å². The zero-order chi connectivity index (χ0) is 24.9. The van der Waals surface area contributed by atoms with Crippen molar-refractivity contribution in [3.63, 3.8) is 0 Å². The van der Waals surface area contributed by atoms with Crippen molar-refractivity contribution in [2.45, 2.75) is 45.2 Å². The van der Waals surface area contributed by atoms with Crippen LogP contribution in [0.15, 0.2) is 23.2 Å². The molecule has 0 radical (unpaired) electrons. The Bertz CT molecular complexity index is 882. The molecule has 2 unspecified atom stereocenters. The molecule has 2 fully saturated rings. The van der Waals surface area contributed by atoms with E-state index in [0.717, 1.165) is 83.9 Å². The molecule has 0 spiro atoms. The number of ketones is 1. The van der Waals surface area contributed by atoms with Crippen LogP contribution in [0.5, 0.6) is 0 Å². The number of H-pyrrole nitrogens is 1. The van der Waals surface area contributed by atoms with E-state index in [1.54, 1.807) is 0 Å². The number of hydrogen-bond donors (Lipinski definition) is 3. The number of ether oxygens (including phenoxy) is 1. The number of hydrogen-bond acceptors (Lipinski definition) is 9. The summed E-state index contributed by atoms with van der Waals surface area (Å²) in [7, 11) is 0. The van der Waals surface area contributed by atoms with Crippen molar-refractivity contribution in [1.29, 1.82) is 5.41 Å². The second-order valence-electron chi connectivity index (χ2n) is 8.78. The van der Waals surface area contributed by atoms with Gasteiger partial charge in [-0.15, -0.1) is 0 Å². The van der Waals surface area contributed by atoms with Crippen LogP contribution in [0.25, 0.3) is 5.57 Å². The summed E-state index contributed by atoms with van der Waals surface area (Å²) >= 11 is 0. The number of nitrogens with zero attached hydrogens (tertiary/aromatic N) is 5. The number of rotatable bonds is 13. The third-order valence-corrected chi connectivity index (χ3v) is 6.38. The third-order valence-electron chi connectivity index (χ3n) is 6.38. The van der Waals surface area contributed by atoms with Gasteiger partial charge in [0, 0.05) is 63.6 Å². The molecular formula is C25H40N8O2. The molecule has 2 aliphatic rings. The van der Waals surface area contributed by atoms with Gasteiger partial charge in [-0.05, 0) is 19.3 Å². The predicted octanol–water partition coefficient (Wildman–Crippen LogP) is 1.83. The minimum Gasteiger partial charge on any atom is -0.379 e. The van der Waals surface area contributed by atoms with Crippen molar-refractivity contribution in [2.75, 3.05) is 59.0 Å². The van der Waals surface area contributed by atoms with Crippen LogP contribution in [0.4, 0.5) is 0 Å². The zero-order valence-electron chi connectivity index (χ0n) is 21.1. The average Bonchev–Trinajstić information content (AvgIpc) is 3.39. The maximum Gasteiger partial charge on any atom is 0.240 e. The Hall–Kier alpha value is -2.53. The van der Waals surface area contributed by atoms with Crippen LogP contribution < -0.4 is 5.32 Å². The number of aromatic amines is 1. The number of carbonyl (C=O) groups excluding carboxylic acids is 1. The molecule has 2 saturated heterocycles. The summed E-state index contributed by atoms with van der Waals surface area (Å²) in [6, 6.07) is -0.264. The van der Waals surface area contributed by atoms with Crippen molar-refractivity contribution in [1.82, 2.24) is 30.3 Å². The maximum absolute atomic E-state index is 12.7. The summed E-state index contributed by atoms with van der Waals surface area (Å²) in [5.41, 5.74) is 0.892. The molecule has 1 aromatic heterocycles. The maximum atomic E-state index is 12.7. The van der Waals surface area contributed by atoms with E-state index in [2.05, 4.69) is 61.3 Å². The van der Waals surface area contributed by atoms with Crippen molar-refractivity contribution < 1.29 is 9.53 Å². The lowest BCUT2D eigenvalue weighted by Crippen LogP contribution is -2.52. The summed E-state index contributed by atoms with van der Waals surface area (Å²) < 4.78 is 5.40. The van der Waals surface area contributed by atoms with E-state index in [0.29, 0.717) is 5.82 Å². The van der Waals surface area contributed by atoms with E-state index >= 15 is 0 Å². The molecule has 1 aromatic rings. The lowest BCUT2D eigenvalue weighted by Gasteiger charge is -2.36. The molecule has 192 valence electrons. The summed E-state index contributed by atoms with van der Waals surface area (Å²) in [5.74, 6) is 0.325. The Morgan fingerprint density at radius 3 is 2.69 bits per heavy atom. The Balaban J connectivity index is 1.59. The molecule has 10 heteroatoms. The van der Waals surface area contributed by atoms with Crippen molar-refractivity contribution in [3.05, 3.63) is 29.9 Å². The summed E-state index contributed by atoms with van der Waals surface area (Å²) in [6.45, 7) is 12.4. The van der Waals surface area contributed by atoms with Crippen LogP contribution in [0.2, 0.25) is 0 Å². The van der Waals surface area contributed by atoms with Gasteiger partial charge in [-0.2, -0.15) is 5.10 Å². The lowest BCUT2D eigenvalue weighted by molar-refractivity contribution is 0.0387. The van der Waals surface area contributed by atoms with Crippen molar-refractivity contribution in [3.8, 4) is 0 Å². The number of aromatic nitrogens is 3. The molecule has 0 bridgehead atoms. The van der Waals surface area contributed by atoms with Gasteiger partial charge < -0.3 is 15.5 Å². The fourth-order valence-electron chi connectivity index (χ4n) is 4.44. The second kappa shape index (κ2) is 14.8. The van der Waals surface area contributed by atoms with E-state index in [1.807, 2.05) is 6.08 Å². The standard InChI is InChI=1S/C25H40N8O2/c1-3-7-20(8-5-6-11-32-14-16-35-17-15-32)24-29-25(31-30-24)23(34)19-28-21(18-26)22(4-2)33-12-9-27-10-13-33/h5,7-8,18-19,21-22,26-27H,3-4,6,9-17H2,1-2H3,(H,29,30,31)/b8-5?,20-7+,26-18?,28-19?. The molecule has 2 aliphatic heterocycles. The zero-order valence-corrected chi connectivity index (χ0v) is 21.1. The Morgan fingerprint density at radius 2 is 2.00 bits per heavy atom. The summed E-state index contributed by atoms with van der Waals surface area (Å²) in [6.07, 6.45) is 11.5. The van der Waals surface area contributed by atoms with Crippen LogP contribution in [0.3, 0.4) is 0 Å². The first kappa shape index (κ1) is 27.1. The van der Waals surface area contributed by atoms with Crippen LogP contribution in [-0.4, -0.2) is 114 Å². The van der Waals surface area contributed by atoms with Crippen molar-refractivity contribution >= 4 is 23.8 Å². The van der Waals surface area contributed by atoms with Crippen LogP contribution in [-0.2, 0) is 4.74 Å². The summed E-state index contributed by atoms with van der Waals surface area (Å²) in [5, 5.41) is 18.2. The molecule has 3 rings (SSSR count). The number of aliphatic imine (C=N–C) groups is 1. The van der Waals surface area contributed by atoms with Gasteiger partial charge in [0.2, 0.25) is 5.78 Å². The molecule has 0 aliphatic carbocycles. The molecule has 35 heavy (non-hydrogen) atoms. The van der Waals surface area contributed by atoms with E-state index in [4.69, 9.17) is 10.1 Å². The highest BCUT2D eigenvalue weighted by Crippen LogP contribution is 2.14. The molecule has 10 nitrogen and oxygen atoms in total. The van der Waals surface area contributed by atoms with Gasteiger partial charge in [0.05, 0.1) is 25.5 Å². The fraction of sp³-hybridized carbons (Fsp3) is 0.640. The molecule has 0 saturated carbocycles. The number of Topliss-reactive ketones (excluding diaryl/α,β-unsaturated/α-hetero) is 1. The molecular weight excluding hydrogens is 444 g/mol. The monoisotopic (exact) mass is 484 g/mol. The Labute approximate surface area is 208 Å². The third kappa shape index (κ3) is 8.28. The van der Waals surface area contributed by atoms with Gasteiger partial charge in [0.15, 0.2) is 11.6 Å². The predicted molar refractivity (Wildman–Crippen MR) is 140 cm³/mol. The van der Waals surface area contributed by atoms with Gasteiger partial charge in [-0.3, -0.25) is 24.7 Å². The molecule has 2 atom stereocenters. The first-order valence-electron chi connectivity index (χ1n) is 12.8. The lowest BCUT2D eigenvalue weighted by atomic mass is 10.0. The average molecular weight is 485 g/mol. The topological polar surface area (TPSA) is 123 Å².